The molecule has 1 N–H and O–H groups in total. The van der Waals surface area contributed by atoms with Gasteiger partial charge in [-0.05, 0) is 101 Å². The first-order valence-corrected chi connectivity index (χ1v) is 15.2. The van der Waals surface area contributed by atoms with Crippen molar-refractivity contribution < 1.29 is 19.1 Å². The standard InChI is InChI=1S/C31H37Cl3N2O4/c1-18-27-26(19-5-7-20(32)8-6-19)24(23-10-9-21(33)17-25(23)34)11-14-31(27,35-22-12-15-39-16-13-22)28(37)36(18)29(38)40-30(2,3)4/h5-10,17-18,22,24,26-27,35H,11-16H2,1-4H3/t18-,24+,26+,27+,31+/m1/s1. The zero-order valence-electron chi connectivity index (χ0n) is 23.4. The first-order chi connectivity index (χ1) is 18.9. The Kier molecular flexibility index (Phi) is 8.49. The molecule has 2 aromatic rings. The van der Waals surface area contributed by atoms with E-state index in [1.807, 2.05) is 64.1 Å². The van der Waals surface area contributed by atoms with E-state index >= 15 is 0 Å². The van der Waals surface area contributed by atoms with Crippen LogP contribution in [0, 0.1) is 5.92 Å². The highest BCUT2D eigenvalue weighted by atomic mass is 35.5. The van der Waals surface area contributed by atoms with Crippen LogP contribution < -0.4 is 5.32 Å². The van der Waals surface area contributed by atoms with E-state index in [0.29, 0.717) is 41.1 Å². The third kappa shape index (κ3) is 5.63. The molecule has 2 saturated heterocycles. The molecule has 1 saturated carbocycles. The molecule has 5 rings (SSSR count). The summed E-state index contributed by atoms with van der Waals surface area (Å²) >= 11 is 19.4. The molecule has 0 aromatic heterocycles. The van der Waals surface area contributed by atoms with Crippen molar-refractivity contribution in [1.29, 1.82) is 0 Å². The lowest BCUT2D eigenvalue weighted by molar-refractivity contribution is -0.135. The molecule has 3 fully saturated rings. The fourth-order valence-electron chi connectivity index (χ4n) is 7.08. The molecule has 0 radical (unpaired) electrons. The molecular weight excluding hydrogens is 571 g/mol. The number of carbonyl (C=O) groups excluding carboxylic acids is 2. The molecule has 0 spiro atoms. The predicted molar refractivity (Wildman–Crippen MR) is 158 cm³/mol. The molecule has 3 aliphatic rings. The molecule has 2 aliphatic heterocycles. The second-order valence-corrected chi connectivity index (χ2v) is 13.6. The number of ether oxygens (including phenoxy) is 2. The van der Waals surface area contributed by atoms with Crippen molar-refractivity contribution in [2.75, 3.05) is 13.2 Å². The summed E-state index contributed by atoms with van der Waals surface area (Å²) in [7, 11) is 0. The van der Waals surface area contributed by atoms with Gasteiger partial charge in [0.05, 0.1) is 0 Å². The van der Waals surface area contributed by atoms with E-state index in [1.165, 1.54) is 4.90 Å². The number of halogens is 3. The van der Waals surface area contributed by atoms with E-state index in [9.17, 15) is 9.59 Å². The maximum Gasteiger partial charge on any atom is 0.417 e. The number of amides is 2. The third-order valence-corrected chi connectivity index (χ3v) is 9.47. The van der Waals surface area contributed by atoms with E-state index in [-0.39, 0.29) is 29.7 Å². The number of rotatable bonds is 4. The lowest BCUT2D eigenvalue weighted by Gasteiger charge is -2.49. The van der Waals surface area contributed by atoms with E-state index in [2.05, 4.69) is 5.32 Å². The van der Waals surface area contributed by atoms with E-state index in [0.717, 1.165) is 24.0 Å². The lowest BCUT2D eigenvalue weighted by Crippen LogP contribution is -2.63. The highest BCUT2D eigenvalue weighted by Crippen LogP contribution is 2.58. The molecule has 1 aliphatic carbocycles. The number of nitrogens with zero attached hydrogens (tertiary/aromatic N) is 1. The summed E-state index contributed by atoms with van der Waals surface area (Å²) in [5.74, 6) is -0.606. The summed E-state index contributed by atoms with van der Waals surface area (Å²) < 4.78 is 11.4. The summed E-state index contributed by atoms with van der Waals surface area (Å²) in [6.45, 7) is 8.69. The number of likely N-dealkylation sites (tertiary alicyclic amines) is 1. The maximum atomic E-state index is 14.5. The summed E-state index contributed by atoms with van der Waals surface area (Å²) in [6.07, 6.45) is 2.26. The number of imide groups is 1. The maximum absolute atomic E-state index is 14.5. The van der Waals surface area contributed by atoms with Gasteiger partial charge in [0.15, 0.2) is 0 Å². The van der Waals surface area contributed by atoms with Crippen molar-refractivity contribution in [1.82, 2.24) is 10.2 Å². The van der Waals surface area contributed by atoms with Crippen LogP contribution in [0.3, 0.4) is 0 Å². The van der Waals surface area contributed by atoms with Crippen molar-refractivity contribution in [2.24, 2.45) is 5.92 Å². The highest BCUT2D eigenvalue weighted by molar-refractivity contribution is 6.35. The number of hydrogen-bond acceptors (Lipinski definition) is 5. The Balaban J connectivity index is 1.65. The first-order valence-electron chi connectivity index (χ1n) is 14.0. The summed E-state index contributed by atoms with van der Waals surface area (Å²) in [4.78, 5) is 29.5. The van der Waals surface area contributed by atoms with Crippen molar-refractivity contribution in [3.8, 4) is 0 Å². The summed E-state index contributed by atoms with van der Waals surface area (Å²) in [5, 5.41) is 5.62. The first kappa shape index (κ1) is 29.7. The van der Waals surface area contributed by atoms with Gasteiger partial charge < -0.3 is 14.8 Å². The fraction of sp³-hybridized carbons (Fsp3) is 0.548. The number of benzene rings is 2. The molecule has 0 unspecified atom stereocenters. The van der Waals surface area contributed by atoms with Crippen LogP contribution in [-0.2, 0) is 14.3 Å². The molecule has 2 amide bonds. The lowest BCUT2D eigenvalue weighted by atomic mass is 9.58. The van der Waals surface area contributed by atoms with Crippen LogP contribution in [0.25, 0.3) is 0 Å². The van der Waals surface area contributed by atoms with Gasteiger partial charge in [-0.15, -0.1) is 0 Å². The molecule has 2 heterocycles. The largest absolute Gasteiger partial charge is 0.443 e. The summed E-state index contributed by atoms with van der Waals surface area (Å²) in [6, 6.07) is 13.1. The number of hydrogen-bond donors (Lipinski definition) is 1. The Morgan fingerprint density at radius 1 is 1.02 bits per heavy atom. The van der Waals surface area contributed by atoms with Gasteiger partial charge in [0.2, 0.25) is 0 Å². The highest BCUT2D eigenvalue weighted by Gasteiger charge is 2.65. The average molecular weight is 608 g/mol. The van der Waals surface area contributed by atoms with E-state index < -0.39 is 23.3 Å². The van der Waals surface area contributed by atoms with Gasteiger partial charge in [0, 0.05) is 46.3 Å². The van der Waals surface area contributed by atoms with Crippen LogP contribution in [0.1, 0.15) is 76.3 Å². The molecule has 2 aromatic carbocycles. The van der Waals surface area contributed by atoms with Crippen LogP contribution in [0.15, 0.2) is 42.5 Å². The topological polar surface area (TPSA) is 67.9 Å². The van der Waals surface area contributed by atoms with Crippen molar-refractivity contribution in [2.45, 2.75) is 88.4 Å². The Hall–Kier alpha value is -1.83. The van der Waals surface area contributed by atoms with Crippen LogP contribution in [-0.4, -0.2) is 53.3 Å². The number of nitrogens with one attached hydrogen (secondary N) is 1. The second-order valence-electron chi connectivity index (χ2n) is 12.3. The minimum absolute atomic E-state index is 0.00519. The second kappa shape index (κ2) is 11.4. The molecular formula is C31H37Cl3N2O4. The van der Waals surface area contributed by atoms with Crippen LogP contribution in [0.5, 0.6) is 0 Å². The van der Waals surface area contributed by atoms with Crippen molar-refractivity contribution in [3.63, 3.8) is 0 Å². The van der Waals surface area contributed by atoms with Crippen molar-refractivity contribution in [3.05, 3.63) is 68.7 Å². The number of fused-ring (bicyclic) bond motifs is 1. The average Bonchev–Trinajstić information content (AvgIpc) is 3.10. The quantitative estimate of drug-likeness (QED) is 0.388. The van der Waals surface area contributed by atoms with Gasteiger partial charge in [-0.3, -0.25) is 4.79 Å². The SMILES string of the molecule is C[C@@H]1[C@H]2[C@@H](c3ccc(Cl)cc3)[C@H](c3ccc(Cl)cc3Cl)CC[C@@]2(NC2CCOCC2)C(=O)N1C(=O)OC(C)(C)C. The van der Waals surface area contributed by atoms with Gasteiger partial charge in [-0.25, -0.2) is 9.69 Å². The van der Waals surface area contributed by atoms with Crippen LogP contribution in [0.2, 0.25) is 15.1 Å². The fourth-order valence-corrected chi connectivity index (χ4v) is 7.76. The Morgan fingerprint density at radius 3 is 2.30 bits per heavy atom. The normalized spacial score (nSPS) is 29.4. The van der Waals surface area contributed by atoms with Crippen LogP contribution in [0.4, 0.5) is 4.79 Å². The minimum Gasteiger partial charge on any atom is -0.443 e. The summed E-state index contributed by atoms with van der Waals surface area (Å²) in [5.41, 5.74) is 0.356. The zero-order chi connectivity index (χ0) is 28.8. The molecule has 40 heavy (non-hydrogen) atoms. The predicted octanol–water partition coefficient (Wildman–Crippen LogP) is 7.60. The Morgan fingerprint density at radius 2 is 1.68 bits per heavy atom. The van der Waals surface area contributed by atoms with Crippen LogP contribution >= 0.6 is 34.8 Å². The molecule has 9 heteroatoms. The molecule has 5 atom stereocenters. The monoisotopic (exact) mass is 606 g/mol. The molecule has 216 valence electrons. The minimum atomic E-state index is -0.946. The third-order valence-electron chi connectivity index (χ3n) is 8.66. The van der Waals surface area contributed by atoms with Crippen molar-refractivity contribution >= 4 is 46.8 Å². The molecule has 6 nitrogen and oxygen atoms in total. The zero-order valence-corrected chi connectivity index (χ0v) is 25.7. The Bertz CT molecular complexity index is 1260. The van der Waals surface area contributed by atoms with Gasteiger partial charge >= 0.3 is 6.09 Å². The smallest absolute Gasteiger partial charge is 0.417 e. The van der Waals surface area contributed by atoms with E-state index in [4.69, 9.17) is 44.3 Å². The van der Waals surface area contributed by atoms with E-state index in [1.54, 1.807) is 6.07 Å². The molecule has 0 bridgehead atoms. The Labute approximate surface area is 251 Å². The van der Waals surface area contributed by atoms with Gasteiger partial charge in [0.1, 0.15) is 11.1 Å². The van der Waals surface area contributed by atoms with Gasteiger partial charge in [-0.1, -0.05) is 53.0 Å². The number of carbonyl (C=O) groups is 2. The van der Waals surface area contributed by atoms with Gasteiger partial charge in [-0.2, -0.15) is 0 Å². The van der Waals surface area contributed by atoms with Gasteiger partial charge in [0.25, 0.3) is 5.91 Å².